The maximum Gasteiger partial charge on any atom is 0.353 e. The minimum Gasteiger partial charge on any atom is -0.395 e. The van der Waals surface area contributed by atoms with Crippen LogP contribution in [0.15, 0.2) is 24.5 Å². The van der Waals surface area contributed by atoms with E-state index in [0.717, 1.165) is 15.8 Å². The predicted octanol–water partition coefficient (Wildman–Crippen LogP) is 2.16. The van der Waals surface area contributed by atoms with Gasteiger partial charge >= 0.3 is 5.69 Å². The van der Waals surface area contributed by atoms with E-state index in [2.05, 4.69) is 25.2 Å². The van der Waals surface area contributed by atoms with Gasteiger partial charge in [0, 0.05) is 32.7 Å². The molecule has 3 heterocycles. The Bertz CT molecular complexity index is 1030. The van der Waals surface area contributed by atoms with Crippen molar-refractivity contribution in [3.8, 4) is 0 Å². The summed E-state index contributed by atoms with van der Waals surface area (Å²) in [6.45, 7) is 5.29. The maximum atomic E-state index is 11.9. The lowest BCUT2D eigenvalue weighted by Crippen LogP contribution is -2.47. The zero-order valence-electron chi connectivity index (χ0n) is 15.9. The first-order valence-electron chi connectivity index (χ1n) is 9.27. The molecule has 1 aromatic carbocycles. The van der Waals surface area contributed by atoms with Crippen LogP contribution in [0, 0.1) is 17.0 Å². The van der Waals surface area contributed by atoms with Crippen molar-refractivity contribution >= 4 is 44.0 Å². The number of para-hydroxylation sites is 1. The van der Waals surface area contributed by atoms with Crippen molar-refractivity contribution in [1.29, 1.82) is 0 Å². The lowest BCUT2D eigenvalue weighted by Gasteiger charge is -2.34. The molecule has 10 nitrogen and oxygen atoms in total. The molecule has 2 aromatic heterocycles. The lowest BCUT2D eigenvalue weighted by atomic mass is 10.2. The molecule has 11 heteroatoms. The standard InChI is InChI=1S/C18H21N7O3S/c1-12-3-2-4-13-14(12)21-18(29-13)22-16-15(25(27)28)17(20-11-19-16)24-7-5-23(6-8-24)9-10-26/h2-4,11,26H,5-10H2,1H3,(H,19,20,21,22). The zero-order chi connectivity index (χ0) is 20.4. The number of aryl methyl sites for hydroxylation is 1. The summed E-state index contributed by atoms with van der Waals surface area (Å²) in [6, 6.07) is 5.91. The Kier molecular flexibility index (Phi) is 5.51. The minimum atomic E-state index is -0.448. The Hall–Kier alpha value is -2.89. The monoisotopic (exact) mass is 415 g/mol. The third-order valence-corrected chi connectivity index (χ3v) is 5.86. The number of nitro groups is 1. The summed E-state index contributed by atoms with van der Waals surface area (Å²) in [5.41, 5.74) is 1.77. The van der Waals surface area contributed by atoms with Crippen LogP contribution < -0.4 is 10.2 Å². The van der Waals surface area contributed by atoms with Crippen LogP contribution in [0.1, 0.15) is 5.56 Å². The van der Waals surface area contributed by atoms with E-state index in [1.54, 1.807) is 0 Å². The molecule has 0 unspecified atom stereocenters. The second-order valence-corrected chi connectivity index (χ2v) is 7.80. The SMILES string of the molecule is Cc1cccc2sc(Nc3ncnc(N4CCN(CCO)CC4)c3[N+](=O)[O-])nc12. The van der Waals surface area contributed by atoms with E-state index in [0.29, 0.717) is 43.7 Å². The number of anilines is 3. The number of hydrogen-bond acceptors (Lipinski definition) is 10. The smallest absolute Gasteiger partial charge is 0.353 e. The predicted molar refractivity (Wildman–Crippen MR) is 112 cm³/mol. The Labute approximate surface area is 171 Å². The van der Waals surface area contributed by atoms with Crippen molar-refractivity contribution in [3.63, 3.8) is 0 Å². The van der Waals surface area contributed by atoms with E-state index >= 15 is 0 Å². The first kappa shape index (κ1) is 19.4. The fourth-order valence-corrected chi connectivity index (χ4v) is 4.37. The van der Waals surface area contributed by atoms with Crippen molar-refractivity contribution in [3.05, 3.63) is 40.2 Å². The van der Waals surface area contributed by atoms with Crippen LogP contribution in [0.2, 0.25) is 0 Å². The van der Waals surface area contributed by atoms with Gasteiger partial charge in [-0.25, -0.2) is 15.0 Å². The summed E-state index contributed by atoms with van der Waals surface area (Å²) >= 11 is 1.42. The second kappa shape index (κ2) is 8.23. The van der Waals surface area contributed by atoms with E-state index in [-0.39, 0.29) is 18.1 Å². The Morgan fingerprint density at radius 2 is 2.07 bits per heavy atom. The van der Waals surface area contributed by atoms with Crippen molar-refractivity contribution in [2.75, 3.05) is 49.5 Å². The van der Waals surface area contributed by atoms with Gasteiger partial charge in [0.15, 0.2) is 5.13 Å². The lowest BCUT2D eigenvalue weighted by molar-refractivity contribution is -0.383. The topological polar surface area (TPSA) is 121 Å². The molecule has 2 N–H and O–H groups in total. The van der Waals surface area contributed by atoms with Crippen molar-refractivity contribution in [2.45, 2.75) is 6.92 Å². The number of β-amino-alcohol motifs (C(OH)–C–C–N with tert-alkyl or cyclic N) is 1. The molecule has 0 spiro atoms. The molecular weight excluding hydrogens is 394 g/mol. The quantitative estimate of drug-likeness (QED) is 0.461. The van der Waals surface area contributed by atoms with E-state index < -0.39 is 4.92 Å². The molecule has 3 aromatic rings. The van der Waals surface area contributed by atoms with Crippen LogP contribution in [0.3, 0.4) is 0 Å². The van der Waals surface area contributed by atoms with Crippen LogP contribution in [0.5, 0.6) is 0 Å². The van der Waals surface area contributed by atoms with Crippen molar-refractivity contribution in [2.24, 2.45) is 0 Å². The minimum absolute atomic E-state index is 0.101. The third kappa shape index (κ3) is 3.97. The molecule has 0 amide bonds. The van der Waals surface area contributed by atoms with Gasteiger partial charge in [0.1, 0.15) is 6.33 Å². The summed E-state index contributed by atoms with van der Waals surface area (Å²) < 4.78 is 1.00. The number of aliphatic hydroxyl groups excluding tert-OH is 1. The van der Waals surface area contributed by atoms with E-state index in [9.17, 15) is 10.1 Å². The molecule has 29 heavy (non-hydrogen) atoms. The van der Waals surface area contributed by atoms with Crippen LogP contribution in [0.25, 0.3) is 10.2 Å². The number of benzene rings is 1. The molecular formula is C18H21N7O3S. The Morgan fingerprint density at radius 1 is 1.28 bits per heavy atom. The summed E-state index contributed by atoms with van der Waals surface area (Å²) in [6.07, 6.45) is 1.34. The molecule has 1 saturated heterocycles. The third-order valence-electron chi connectivity index (χ3n) is 4.92. The van der Waals surface area contributed by atoms with Gasteiger partial charge in [-0.3, -0.25) is 15.0 Å². The van der Waals surface area contributed by atoms with Crippen LogP contribution in [-0.2, 0) is 0 Å². The van der Waals surface area contributed by atoms with Crippen LogP contribution in [-0.4, -0.2) is 69.2 Å². The molecule has 1 aliphatic rings. The number of piperazine rings is 1. The zero-order valence-corrected chi connectivity index (χ0v) is 16.7. The number of aromatic nitrogens is 3. The fourth-order valence-electron chi connectivity index (χ4n) is 3.43. The van der Waals surface area contributed by atoms with Gasteiger partial charge in [0.05, 0.1) is 21.7 Å². The molecule has 0 saturated carbocycles. The number of nitrogens with zero attached hydrogens (tertiary/aromatic N) is 6. The number of aliphatic hydroxyl groups is 1. The highest BCUT2D eigenvalue weighted by molar-refractivity contribution is 7.22. The largest absolute Gasteiger partial charge is 0.395 e. The molecule has 1 fully saturated rings. The number of hydrogen-bond donors (Lipinski definition) is 2. The Balaban J connectivity index is 1.63. The normalized spacial score (nSPS) is 15.0. The summed E-state index contributed by atoms with van der Waals surface area (Å²) in [7, 11) is 0. The number of fused-ring (bicyclic) bond motifs is 1. The van der Waals surface area contributed by atoms with E-state index in [1.807, 2.05) is 30.0 Å². The molecule has 0 aliphatic carbocycles. The molecule has 0 radical (unpaired) electrons. The highest BCUT2D eigenvalue weighted by atomic mass is 32.1. The fraction of sp³-hybridized carbons (Fsp3) is 0.389. The Morgan fingerprint density at radius 3 is 2.76 bits per heavy atom. The van der Waals surface area contributed by atoms with Crippen LogP contribution >= 0.6 is 11.3 Å². The van der Waals surface area contributed by atoms with Gasteiger partial charge in [-0.2, -0.15) is 0 Å². The second-order valence-electron chi connectivity index (χ2n) is 6.77. The molecule has 0 bridgehead atoms. The average Bonchev–Trinajstić information content (AvgIpc) is 3.12. The van der Waals surface area contributed by atoms with Gasteiger partial charge in [-0.1, -0.05) is 23.5 Å². The van der Waals surface area contributed by atoms with Gasteiger partial charge in [0.2, 0.25) is 11.6 Å². The first-order valence-corrected chi connectivity index (χ1v) is 10.1. The van der Waals surface area contributed by atoms with Gasteiger partial charge in [-0.15, -0.1) is 0 Å². The summed E-state index contributed by atoms with van der Waals surface area (Å²) in [4.78, 5) is 28.3. The average molecular weight is 415 g/mol. The van der Waals surface area contributed by atoms with Crippen molar-refractivity contribution < 1.29 is 10.0 Å². The van der Waals surface area contributed by atoms with Gasteiger partial charge in [0.25, 0.3) is 0 Å². The highest BCUT2D eigenvalue weighted by Crippen LogP contribution is 2.36. The number of thiazole rings is 1. The molecule has 0 atom stereocenters. The summed E-state index contributed by atoms with van der Waals surface area (Å²) in [5.74, 6) is 0.433. The highest BCUT2D eigenvalue weighted by Gasteiger charge is 2.29. The van der Waals surface area contributed by atoms with Crippen molar-refractivity contribution in [1.82, 2.24) is 19.9 Å². The van der Waals surface area contributed by atoms with Gasteiger partial charge in [-0.05, 0) is 18.6 Å². The van der Waals surface area contributed by atoms with Crippen LogP contribution in [0.4, 0.5) is 22.5 Å². The maximum absolute atomic E-state index is 11.9. The van der Waals surface area contributed by atoms with E-state index in [1.165, 1.54) is 17.7 Å². The first-order chi connectivity index (χ1) is 14.1. The molecule has 4 rings (SSSR count). The van der Waals surface area contributed by atoms with E-state index in [4.69, 9.17) is 5.11 Å². The number of rotatable bonds is 6. The summed E-state index contributed by atoms with van der Waals surface area (Å²) in [5, 5.41) is 24.5. The number of nitrogens with one attached hydrogen (secondary N) is 1. The van der Waals surface area contributed by atoms with Gasteiger partial charge < -0.3 is 15.3 Å². The molecule has 152 valence electrons. The molecule has 1 aliphatic heterocycles.